The van der Waals surface area contributed by atoms with Crippen molar-refractivity contribution in [1.29, 1.82) is 0 Å². The van der Waals surface area contributed by atoms with E-state index in [4.69, 9.17) is 9.26 Å². The maximum Gasteiger partial charge on any atom is 0.318 e. The number of methoxy groups -OCH3 is 1. The molecule has 2 N–H and O–H groups in total. The minimum absolute atomic E-state index is 0.131. The van der Waals surface area contributed by atoms with Crippen LogP contribution in [0, 0.1) is 6.92 Å². The molecule has 1 aliphatic heterocycles. The van der Waals surface area contributed by atoms with Crippen LogP contribution in [0.2, 0.25) is 0 Å². The Morgan fingerprint density at radius 3 is 2.80 bits per heavy atom. The third-order valence-corrected chi connectivity index (χ3v) is 5.70. The first-order valence-electron chi connectivity index (χ1n) is 9.41. The Bertz CT molecular complexity index is 1060. The number of amides is 3. The van der Waals surface area contributed by atoms with E-state index in [0.29, 0.717) is 36.9 Å². The number of aromatic nitrogens is 2. The molecule has 9 nitrogen and oxygen atoms in total. The molecule has 0 radical (unpaired) electrons. The summed E-state index contributed by atoms with van der Waals surface area (Å²) in [5, 5.41) is 9.88. The Morgan fingerprint density at radius 1 is 1.30 bits per heavy atom. The van der Waals surface area contributed by atoms with Gasteiger partial charge in [0.05, 0.1) is 19.3 Å². The van der Waals surface area contributed by atoms with Gasteiger partial charge in [0.2, 0.25) is 0 Å². The molecule has 0 spiro atoms. The van der Waals surface area contributed by atoms with Gasteiger partial charge in [0.15, 0.2) is 10.8 Å². The first kappa shape index (κ1) is 19.9. The van der Waals surface area contributed by atoms with Gasteiger partial charge in [0.1, 0.15) is 11.5 Å². The summed E-state index contributed by atoms with van der Waals surface area (Å²) in [6.07, 6.45) is 0.640. The molecular weight excluding hydrogens is 406 g/mol. The fourth-order valence-electron chi connectivity index (χ4n) is 3.09. The van der Waals surface area contributed by atoms with Crippen molar-refractivity contribution in [2.24, 2.45) is 0 Å². The van der Waals surface area contributed by atoms with E-state index in [0.717, 1.165) is 21.9 Å². The van der Waals surface area contributed by atoms with Crippen LogP contribution in [0.25, 0.3) is 0 Å². The van der Waals surface area contributed by atoms with Gasteiger partial charge in [-0.15, -0.1) is 0 Å². The van der Waals surface area contributed by atoms with Crippen LogP contribution >= 0.6 is 11.3 Å². The molecule has 1 aromatic carbocycles. The van der Waals surface area contributed by atoms with Crippen LogP contribution in [0.4, 0.5) is 9.93 Å². The van der Waals surface area contributed by atoms with E-state index in [1.54, 1.807) is 25.0 Å². The lowest BCUT2D eigenvalue weighted by atomic mass is 10.2. The standard InChI is InChI=1S/C20H21N5O4S/c1-12-9-16(24-29-12)18(26)23-19-22-15-7-8-25(11-17(15)30-19)20(27)21-10-13-3-5-14(28-2)6-4-13/h3-6,9H,7-8,10-11H2,1-2H3,(H,21,27)(H,22,23,26). The molecular formula is C20H21N5O4S. The smallest absolute Gasteiger partial charge is 0.318 e. The Kier molecular flexibility index (Phi) is 5.66. The normalized spacial score (nSPS) is 12.9. The highest BCUT2D eigenvalue weighted by atomic mass is 32.1. The maximum atomic E-state index is 12.6. The third kappa shape index (κ3) is 4.43. The van der Waals surface area contributed by atoms with E-state index in [1.165, 1.54) is 11.3 Å². The molecule has 0 saturated heterocycles. The Labute approximate surface area is 177 Å². The second kappa shape index (κ2) is 8.54. The van der Waals surface area contributed by atoms with Crippen LogP contribution in [-0.4, -0.2) is 40.6 Å². The molecule has 10 heteroatoms. The number of hydrogen-bond donors (Lipinski definition) is 2. The number of urea groups is 1. The number of fused-ring (bicyclic) bond motifs is 1. The van der Waals surface area contributed by atoms with Crippen molar-refractivity contribution in [2.45, 2.75) is 26.4 Å². The average molecular weight is 427 g/mol. The molecule has 0 unspecified atom stereocenters. The van der Waals surface area contributed by atoms with Crippen LogP contribution in [0.1, 0.15) is 32.4 Å². The number of nitrogens with one attached hydrogen (secondary N) is 2. The van der Waals surface area contributed by atoms with Crippen molar-refractivity contribution >= 4 is 28.4 Å². The van der Waals surface area contributed by atoms with Crippen molar-refractivity contribution < 1.29 is 18.8 Å². The van der Waals surface area contributed by atoms with Gasteiger partial charge in [-0.3, -0.25) is 10.1 Å². The van der Waals surface area contributed by atoms with Gasteiger partial charge in [-0.05, 0) is 24.6 Å². The predicted octanol–water partition coefficient (Wildman–Crippen LogP) is 2.97. The summed E-state index contributed by atoms with van der Waals surface area (Å²) in [6.45, 7) is 3.19. The molecule has 0 fully saturated rings. The summed E-state index contributed by atoms with van der Waals surface area (Å²) in [5.74, 6) is 0.974. The average Bonchev–Trinajstić information content (AvgIpc) is 3.37. The minimum Gasteiger partial charge on any atom is -0.497 e. The molecule has 4 rings (SSSR count). The van der Waals surface area contributed by atoms with Crippen LogP contribution in [0.3, 0.4) is 0 Å². The van der Waals surface area contributed by atoms with E-state index in [2.05, 4.69) is 20.8 Å². The van der Waals surface area contributed by atoms with Crippen molar-refractivity contribution in [3.63, 3.8) is 0 Å². The Morgan fingerprint density at radius 2 is 2.10 bits per heavy atom. The SMILES string of the molecule is COc1ccc(CNC(=O)N2CCc3nc(NC(=O)c4cc(C)on4)sc3C2)cc1. The van der Waals surface area contributed by atoms with Gasteiger partial charge < -0.3 is 19.5 Å². The lowest BCUT2D eigenvalue weighted by Gasteiger charge is -2.26. The molecule has 0 aliphatic carbocycles. The molecule has 0 bridgehead atoms. The van der Waals surface area contributed by atoms with E-state index in [-0.39, 0.29) is 17.6 Å². The lowest BCUT2D eigenvalue weighted by Crippen LogP contribution is -2.42. The predicted molar refractivity (Wildman–Crippen MR) is 111 cm³/mol. The topological polar surface area (TPSA) is 110 Å². The van der Waals surface area contributed by atoms with Crippen molar-refractivity contribution in [1.82, 2.24) is 20.4 Å². The quantitative estimate of drug-likeness (QED) is 0.648. The summed E-state index contributed by atoms with van der Waals surface area (Å²) < 4.78 is 10.1. The third-order valence-electron chi connectivity index (χ3n) is 4.70. The van der Waals surface area contributed by atoms with Gasteiger partial charge >= 0.3 is 6.03 Å². The van der Waals surface area contributed by atoms with Gasteiger partial charge in [-0.25, -0.2) is 9.78 Å². The van der Waals surface area contributed by atoms with Crippen molar-refractivity contribution in [3.05, 3.63) is 57.9 Å². The summed E-state index contributed by atoms with van der Waals surface area (Å²) >= 11 is 1.37. The molecule has 156 valence electrons. The number of carbonyl (C=O) groups excluding carboxylic acids is 2. The Balaban J connectivity index is 1.33. The Hall–Kier alpha value is -3.40. The molecule has 0 atom stereocenters. The summed E-state index contributed by atoms with van der Waals surface area (Å²) in [6, 6.07) is 9.00. The highest BCUT2D eigenvalue weighted by Crippen LogP contribution is 2.28. The van der Waals surface area contributed by atoms with E-state index in [1.807, 2.05) is 24.3 Å². The van der Waals surface area contributed by atoms with Crippen LogP contribution in [0.15, 0.2) is 34.9 Å². The molecule has 3 heterocycles. The number of nitrogens with zero attached hydrogens (tertiary/aromatic N) is 3. The molecule has 3 aromatic rings. The van der Waals surface area contributed by atoms with Gasteiger partial charge in [-0.2, -0.15) is 0 Å². The number of benzene rings is 1. The number of thiazole rings is 1. The van der Waals surface area contributed by atoms with E-state index in [9.17, 15) is 9.59 Å². The number of carbonyl (C=O) groups is 2. The number of anilines is 1. The molecule has 3 amide bonds. The largest absolute Gasteiger partial charge is 0.497 e. The zero-order valence-corrected chi connectivity index (χ0v) is 17.4. The maximum absolute atomic E-state index is 12.6. The second-order valence-corrected chi connectivity index (χ2v) is 7.93. The number of hydrogen-bond acceptors (Lipinski definition) is 7. The van der Waals surface area contributed by atoms with Crippen molar-refractivity contribution in [3.8, 4) is 5.75 Å². The van der Waals surface area contributed by atoms with Gasteiger partial charge in [0, 0.05) is 30.5 Å². The first-order chi connectivity index (χ1) is 14.5. The lowest BCUT2D eigenvalue weighted by molar-refractivity contribution is 0.101. The fourth-order valence-corrected chi connectivity index (χ4v) is 4.11. The zero-order chi connectivity index (χ0) is 21.1. The van der Waals surface area contributed by atoms with Gasteiger partial charge in [-0.1, -0.05) is 28.6 Å². The second-order valence-electron chi connectivity index (χ2n) is 6.84. The highest BCUT2D eigenvalue weighted by molar-refractivity contribution is 7.15. The summed E-state index contributed by atoms with van der Waals surface area (Å²) in [4.78, 5) is 32.0. The number of rotatable bonds is 5. The fraction of sp³-hybridized carbons (Fsp3) is 0.300. The monoisotopic (exact) mass is 427 g/mol. The highest BCUT2D eigenvalue weighted by Gasteiger charge is 2.25. The molecule has 0 saturated carbocycles. The van der Waals surface area contributed by atoms with Gasteiger partial charge in [0.25, 0.3) is 5.91 Å². The molecule has 30 heavy (non-hydrogen) atoms. The van der Waals surface area contributed by atoms with E-state index >= 15 is 0 Å². The zero-order valence-electron chi connectivity index (χ0n) is 16.6. The minimum atomic E-state index is -0.368. The number of aryl methyl sites for hydroxylation is 1. The van der Waals surface area contributed by atoms with Crippen molar-refractivity contribution in [2.75, 3.05) is 19.0 Å². The summed E-state index contributed by atoms with van der Waals surface area (Å²) in [5.41, 5.74) is 2.11. The molecule has 1 aliphatic rings. The summed E-state index contributed by atoms with van der Waals surface area (Å²) in [7, 11) is 1.62. The van der Waals surface area contributed by atoms with Crippen LogP contribution in [0.5, 0.6) is 5.75 Å². The van der Waals surface area contributed by atoms with Crippen LogP contribution < -0.4 is 15.4 Å². The molecule has 2 aromatic heterocycles. The number of ether oxygens (including phenoxy) is 1. The van der Waals surface area contributed by atoms with E-state index < -0.39 is 0 Å². The van der Waals surface area contributed by atoms with Crippen LogP contribution in [-0.2, 0) is 19.5 Å². The first-order valence-corrected chi connectivity index (χ1v) is 10.2.